The molecule has 1 atom stereocenters. The number of rotatable bonds is 6. The van der Waals surface area contributed by atoms with Crippen molar-refractivity contribution >= 4 is 10.0 Å². The van der Waals surface area contributed by atoms with E-state index in [-0.39, 0.29) is 0 Å². The van der Waals surface area contributed by atoms with Gasteiger partial charge in [0.1, 0.15) is 0 Å². The first kappa shape index (κ1) is 16.1. The molecule has 0 spiro atoms. The predicted octanol–water partition coefficient (Wildman–Crippen LogP) is 2.10. The zero-order valence-electron chi connectivity index (χ0n) is 12.2. The Morgan fingerprint density at radius 2 is 1.95 bits per heavy atom. The summed E-state index contributed by atoms with van der Waals surface area (Å²) in [6.07, 6.45) is 1.32. The largest absolute Gasteiger partial charge is 0.330 e. The van der Waals surface area contributed by atoms with E-state index in [0.29, 0.717) is 24.3 Å². The van der Waals surface area contributed by atoms with E-state index in [4.69, 9.17) is 5.73 Å². The van der Waals surface area contributed by atoms with E-state index in [0.717, 1.165) is 11.1 Å². The monoisotopic (exact) mass is 284 g/mol. The van der Waals surface area contributed by atoms with Gasteiger partial charge in [-0.3, -0.25) is 0 Å². The number of sulfonamides is 1. The van der Waals surface area contributed by atoms with Crippen LogP contribution in [0.1, 0.15) is 37.8 Å². The van der Waals surface area contributed by atoms with E-state index in [1.54, 1.807) is 13.0 Å². The molecule has 1 aromatic carbocycles. The summed E-state index contributed by atoms with van der Waals surface area (Å²) in [5.74, 6) is 0. The molecule has 0 aliphatic carbocycles. The maximum atomic E-state index is 12.5. The molecule has 5 heteroatoms. The van der Waals surface area contributed by atoms with Crippen LogP contribution in [-0.4, -0.2) is 20.5 Å². The number of hydrogen-bond donors (Lipinski definition) is 2. The lowest BCUT2D eigenvalue weighted by Gasteiger charge is -2.29. The smallest absolute Gasteiger partial charge is 0.241 e. The van der Waals surface area contributed by atoms with Crippen LogP contribution < -0.4 is 10.5 Å². The van der Waals surface area contributed by atoms with E-state index in [2.05, 4.69) is 4.72 Å². The molecule has 0 saturated carbocycles. The highest BCUT2D eigenvalue weighted by atomic mass is 32.2. The highest BCUT2D eigenvalue weighted by Gasteiger charge is 2.29. The summed E-state index contributed by atoms with van der Waals surface area (Å²) in [6, 6.07) is 5.44. The van der Waals surface area contributed by atoms with Gasteiger partial charge in [-0.1, -0.05) is 19.1 Å². The second-order valence-electron chi connectivity index (χ2n) is 5.33. The average molecular weight is 284 g/mol. The van der Waals surface area contributed by atoms with Gasteiger partial charge < -0.3 is 5.73 Å². The minimum absolute atomic E-state index is 0.351. The quantitative estimate of drug-likeness (QED) is 0.840. The molecule has 19 heavy (non-hydrogen) atoms. The van der Waals surface area contributed by atoms with Crippen LogP contribution in [0.4, 0.5) is 0 Å². The minimum atomic E-state index is -3.51. The van der Waals surface area contributed by atoms with Crippen LogP contribution in [0, 0.1) is 13.8 Å². The summed E-state index contributed by atoms with van der Waals surface area (Å²) in [5.41, 5.74) is 6.76. The van der Waals surface area contributed by atoms with E-state index < -0.39 is 15.6 Å². The Morgan fingerprint density at radius 1 is 1.32 bits per heavy atom. The second-order valence-corrected chi connectivity index (χ2v) is 6.98. The number of hydrogen-bond acceptors (Lipinski definition) is 3. The minimum Gasteiger partial charge on any atom is -0.330 e. The lowest BCUT2D eigenvalue weighted by Crippen LogP contribution is -2.46. The van der Waals surface area contributed by atoms with Crippen LogP contribution in [0.2, 0.25) is 0 Å². The molecule has 108 valence electrons. The maximum absolute atomic E-state index is 12.5. The van der Waals surface area contributed by atoms with Crippen LogP contribution in [0.3, 0.4) is 0 Å². The Morgan fingerprint density at radius 3 is 2.47 bits per heavy atom. The Balaban J connectivity index is 3.14. The van der Waals surface area contributed by atoms with Crippen molar-refractivity contribution in [2.24, 2.45) is 5.73 Å². The second kappa shape index (κ2) is 6.03. The Hall–Kier alpha value is -0.910. The number of benzene rings is 1. The van der Waals surface area contributed by atoms with Crippen molar-refractivity contribution in [3.63, 3.8) is 0 Å². The first-order valence-electron chi connectivity index (χ1n) is 6.55. The van der Waals surface area contributed by atoms with Crippen LogP contribution in [0.5, 0.6) is 0 Å². The standard InChI is InChI=1S/C14H24N2O2S/c1-5-14(4,8-9-15)16-19(17,18)13-10-11(2)6-7-12(13)3/h6-7,10,16H,5,8-9,15H2,1-4H3. The molecule has 0 aliphatic heterocycles. The molecule has 0 amide bonds. The lowest BCUT2D eigenvalue weighted by molar-refractivity contribution is 0.379. The molecule has 0 aromatic heterocycles. The molecule has 1 unspecified atom stereocenters. The average Bonchev–Trinajstić information content (AvgIpc) is 2.31. The maximum Gasteiger partial charge on any atom is 0.241 e. The van der Waals surface area contributed by atoms with Crippen molar-refractivity contribution in [2.45, 2.75) is 51.0 Å². The van der Waals surface area contributed by atoms with Crippen molar-refractivity contribution in [3.8, 4) is 0 Å². The molecule has 0 aliphatic rings. The number of nitrogens with two attached hydrogens (primary N) is 1. The van der Waals surface area contributed by atoms with Gasteiger partial charge in [0.25, 0.3) is 0 Å². The fourth-order valence-electron chi connectivity index (χ4n) is 1.99. The Labute approximate surface area is 116 Å². The van der Waals surface area contributed by atoms with Crippen molar-refractivity contribution in [2.75, 3.05) is 6.54 Å². The molecule has 0 saturated heterocycles. The van der Waals surface area contributed by atoms with Crippen molar-refractivity contribution < 1.29 is 8.42 Å². The Kier molecular flexibility index (Phi) is 5.12. The molecule has 0 fully saturated rings. The SMILES string of the molecule is CCC(C)(CCN)NS(=O)(=O)c1cc(C)ccc1C. The van der Waals surface area contributed by atoms with Gasteiger partial charge in [-0.2, -0.15) is 0 Å². The molecule has 0 radical (unpaired) electrons. The van der Waals surface area contributed by atoms with Gasteiger partial charge >= 0.3 is 0 Å². The molecule has 1 aromatic rings. The molecule has 3 N–H and O–H groups in total. The molecular weight excluding hydrogens is 260 g/mol. The third-order valence-electron chi connectivity index (χ3n) is 3.49. The van der Waals surface area contributed by atoms with Gasteiger partial charge in [-0.05, 0) is 57.4 Å². The third-order valence-corrected chi connectivity index (χ3v) is 5.27. The molecular formula is C14H24N2O2S. The highest BCUT2D eigenvalue weighted by molar-refractivity contribution is 7.89. The lowest BCUT2D eigenvalue weighted by atomic mass is 9.96. The zero-order chi connectivity index (χ0) is 14.7. The van der Waals surface area contributed by atoms with Crippen LogP contribution in [-0.2, 0) is 10.0 Å². The first-order chi connectivity index (χ1) is 8.74. The molecule has 0 heterocycles. The summed E-state index contributed by atoms with van der Waals surface area (Å²) in [6.45, 7) is 8.00. The topological polar surface area (TPSA) is 72.2 Å². The fourth-order valence-corrected chi connectivity index (χ4v) is 3.83. The summed E-state index contributed by atoms with van der Waals surface area (Å²) in [7, 11) is -3.51. The molecule has 1 rings (SSSR count). The molecule has 4 nitrogen and oxygen atoms in total. The summed E-state index contributed by atoms with van der Waals surface area (Å²) >= 11 is 0. The van der Waals surface area contributed by atoms with E-state index >= 15 is 0 Å². The summed E-state index contributed by atoms with van der Waals surface area (Å²) in [5, 5.41) is 0. The van der Waals surface area contributed by atoms with Crippen molar-refractivity contribution in [1.82, 2.24) is 4.72 Å². The number of nitrogens with one attached hydrogen (secondary N) is 1. The summed E-state index contributed by atoms with van der Waals surface area (Å²) in [4.78, 5) is 0.351. The van der Waals surface area contributed by atoms with Crippen molar-refractivity contribution in [3.05, 3.63) is 29.3 Å². The highest BCUT2D eigenvalue weighted by Crippen LogP contribution is 2.21. The van der Waals surface area contributed by atoms with E-state index in [9.17, 15) is 8.42 Å². The normalized spacial score (nSPS) is 15.2. The third kappa shape index (κ3) is 4.03. The Bertz CT molecular complexity index is 540. The van der Waals surface area contributed by atoms with Gasteiger partial charge in [0.2, 0.25) is 10.0 Å². The van der Waals surface area contributed by atoms with Gasteiger partial charge in [0, 0.05) is 5.54 Å². The van der Waals surface area contributed by atoms with Crippen LogP contribution in [0.25, 0.3) is 0 Å². The fraction of sp³-hybridized carbons (Fsp3) is 0.571. The van der Waals surface area contributed by atoms with Crippen LogP contribution in [0.15, 0.2) is 23.1 Å². The summed E-state index contributed by atoms with van der Waals surface area (Å²) < 4.78 is 27.8. The van der Waals surface area contributed by atoms with E-state index in [1.165, 1.54) is 0 Å². The van der Waals surface area contributed by atoms with Crippen LogP contribution >= 0.6 is 0 Å². The van der Waals surface area contributed by atoms with Gasteiger partial charge in [-0.15, -0.1) is 0 Å². The van der Waals surface area contributed by atoms with Gasteiger partial charge in [0.15, 0.2) is 0 Å². The molecule has 0 bridgehead atoms. The van der Waals surface area contributed by atoms with Gasteiger partial charge in [-0.25, -0.2) is 13.1 Å². The predicted molar refractivity (Wildman–Crippen MR) is 78.6 cm³/mol. The first-order valence-corrected chi connectivity index (χ1v) is 8.04. The zero-order valence-corrected chi connectivity index (χ0v) is 13.0. The van der Waals surface area contributed by atoms with E-state index in [1.807, 2.05) is 32.9 Å². The van der Waals surface area contributed by atoms with Gasteiger partial charge in [0.05, 0.1) is 4.90 Å². The number of aryl methyl sites for hydroxylation is 2. The van der Waals surface area contributed by atoms with Crippen molar-refractivity contribution in [1.29, 1.82) is 0 Å².